The summed E-state index contributed by atoms with van der Waals surface area (Å²) in [5, 5.41) is 0. The third kappa shape index (κ3) is 6.38. The lowest BCUT2D eigenvalue weighted by Crippen LogP contribution is -2.25. The fourth-order valence-corrected chi connectivity index (χ4v) is 1.16. The lowest BCUT2D eigenvalue weighted by atomic mass is 10.0. The van der Waals surface area contributed by atoms with Gasteiger partial charge in [-0.15, -0.1) is 6.58 Å². The second-order valence-corrected chi connectivity index (χ2v) is 3.26. The molecule has 0 saturated heterocycles. The quantitative estimate of drug-likeness (QED) is 0.470. The summed E-state index contributed by atoms with van der Waals surface area (Å²) < 4.78 is 5.13. The van der Waals surface area contributed by atoms with Crippen molar-refractivity contribution < 1.29 is 4.74 Å². The molecular formula is C10H21NO. The van der Waals surface area contributed by atoms with Crippen LogP contribution in [-0.2, 0) is 4.74 Å². The molecule has 0 aromatic rings. The largest absolute Gasteiger partial charge is 0.382 e. The van der Waals surface area contributed by atoms with Gasteiger partial charge in [-0.25, -0.2) is 0 Å². The first kappa shape index (κ1) is 11.7. The molecule has 0 aliphatic carbocycles. The molecule has 0 spiro atoms. The van der Waals surface area contributed by atoms with Gasteiger partial charge in [-0.05, 0) is 32.6 Å². The third-order valence-corrected chi connectivity index (χ3v) is 2.02. The van der Waals surface area contributed by atoms with Gasteiger partial charge in [-0.1, -0.05) is 6.08 Å². The van der Waals surface area contributed by atoms with Crippen molar-refractivity contribution in [2.24, 2.45) is 5.73 Å². The molecule has 0 rings (SSSR count). The Hall–Kier alpha value is -0.340. The van der Waals surface area contributed by atoms with Crippen LogP contribution in [0.3, 0.4) is 0 Å². The molecule has 0 aliphatic rings. The SMILES string of the molecule is C=CCCCC(N)CC(C)OC. The van der Waals surface area contributed by atoms with Crippen LogP contribution in [0.1, 0.15) is 32.6 Å². The van der Waals surface area contributed by atoms with Crippen LogP contribution < -0.4 is 5.73 Å². The molecule has 0 aromatic carbocycles. The Morgan fingerprint density at radius 3 is 2.75 bits per heavy atom. The summed E-state index contributed by atoms with van der Waals surface area (Å²) in [5.41, 5.74) is 5.88. The maximum Gasteiger partial charge on any atom is 0.0558 e. The topological polar surface area (TPSA) is 35.2 Å². The van der Waals surface area contributed by atoms with Gasteiger partial charge >= 0.3 is 0 Å². The zero-order valence-electron chi connectivity index (χ0n) is 8.25. The maximum absolute atomic E-state index is 5.88. The maximum atomic E-state index is 5.88. The van der Waals surface area contributed by atoms with Gasteiger partial charge in [-0.2, -0.15) is 0 Å². The van der Waals surface area contributed by atoms with E-state index in [1.54, 1.807) is 7.11 Å². The number of allylic oxidation sites excluding steroid dienone is 1. The van der Waals surface area contributed by atoms with E-state index >= 15 is 0 Å². The molecule has 2 heteroatoms. The van der Waals surface area contributed by atoms with Gasteiger partial charge in [0.2, 0.25) is 0 Å². The average molecular weight is 171 g/mol. The van der Waals surface area contributed by atoms with E-state index < -0.39 is 0 Å². The molecule has 72 valence electrons. The van der Waals surface area contributed by atoms with Gasteiger partial charge in [-0.3, -0.25) is 0 Å². The highest BCUT2D eigenvalue weighted by Crippen LogP contribution is 2.06. The van der Waals surface area contributed by atoms with E-state index in [-0.39, 0.29) is 12.1 Å². The molecule has 2 unspecified atom stereocenters. The molecule has 2 atom stereocenters. The predicted octanol–water partition coefficient (Wildman–Crippen LogP) is 2.10. The summed E-state index contributed by atoms with van der Waals surface area (Å²) in [6, 6.07) is 0.278. The number of unbranched alkanes of at least 4 members (excludes halogenated alkanes) is 1. The van der Waals surface area contributed by atoms with Gasteiger partial charge in [0.15, 0.2) is 0 Å². The van der Waals surface area contributed by atoms with E-state index in [2.05, 4.69) is 6.58 Å². The number of hydrogen-bond acceptors (Lipinski definition) is 2. The molecule has 0 amide bonds. The first-order valence-electron chi connectivity index (χ1n) is 4.60. The molecule has 0 radical (unpaired) electrons. The Bertz CT molecular complexity index is 114. The van der Waals surface area contributed by atoms with Crippen LogP contribution in [-0.4, -0.2) is 19.3 Å². The monoisotopic (exact) mass is 171 g/mol. The highest BCUT2D eigenvalue weighted by atomic mass is 16.5. The van der Waals surface area contributed by atoms with Crippen LogP contribution in [0.25, 0.3) is 0 Å². The molecule has 0 fully saturated rings. The highest BCUT2D eigenvalue weighted by molar-refractivity contribution is 4.70. The Labute approximate surface area is 75.8 Å². The molecule has 0 aliphatic heterocycles. The minimum atomic E-state index is 0.278. The van der Waals surface area contributed by atoms with Crippen molar-refractivity contribution in [1.29, 1.82) is 0 Å². The standard InChI is InChI=1S/C10H21NO/c1-4-5-6-7-10(11)8-9(2)12-3/h4,9-10H,1,5-8,11H2,2-3H3. The molecule has 2 nitrogen and oxygen atoms in total. The average Bonchev–Trinajstić information content (AvgIpc) is 2.05. The first-order chi connectivity index (χ1) is 5.70. The third-order valence-electron chi connectivity index (χ3n) is 2.02. The van der Waals surface area contributed by atoms with Crippen molar-refractivity contribution >= 4 is 0 Å². The second kappa shape index (κ2) is 7.32. The second-order valence-electron chi connectivity index (χ2n) is 3.26. The van der Waals surface area contributed by atoms with Crippen molar-refractivity contribution in [3.63, 3.8) is 0 Å². The zero-order valence-corrected chi connectivity index (χ0v) is 8.25. The fraction of sp³-hybridized carbons (Fsp3) is 0.800. The number of methoxy groups -OCH3 is 1. The zero-order chi connectivity index (χ0) is 9.40. The molecule has 0 heterocycles. The summed E-state index contributed by atoms with van der Waals surface area (Å²) in [6.07, 6.45) is 6.44. The van der Waals surface area contributed by atoms with Crippen LogP contribution in [0.4, 0.5) is 0 Å². The Morgan fingerprint density at radius 2 is 2.25 bits per heavy atom. The van der Waals surface area contributed by atoms with Crippen LogP contribution in [0.5, 0.6) is 0 Å². The van der Waals surface area contributed by atoms with E-state index in [0.717, 1.165) is 25.7 Å². The van der Waals surface area contributed by atoms with E-state index in [1.807, 2.05) is 13.0 Å². The first-order valence-corrected chi connectivity index (χ1v) is 4.60. The van der Waals surface area contributed by atoms with E-state index in [4.69, 9.17) is 10.5 Å². The van der Waals surface area contributed by atoms with Gasteiger partial charge < -0.3 is 10.5 Å². The minimum absolute atomic E-state index is 0.278. The normalized spacial score (nSPS) is 15.6. The Kier molecular flexibility index (Phi) is 7.11. The van der Waals surface area contributed by atoms with Crippen LogP contribution in [0.2, 0.25) is 0 Å². The summed E-state index contributed by atoms with van der Waals surface area (Å²) in [4.78, 5) is 0. The number of rotatable bonds is 7. The van der Waals surface area contributed by atoms with Crippen molar-refractivity contribution in [3.8, 4) is 0 Å². The molecule has 0 aromatic heterocycles. The highest BCUT2D eigenvalue weighted by Gasteiger charge is 2.06. The molecular weight excluding hydrogens is 150 g/mol. The Morgan fingerprint density at radius 1 is 1.58 bits per heavy atom. The van der Waals surface area contributed by atoms with Crippen molar-refractivity contribution in [2.75, 3.05) is 7.11 Å². The summed E-state index contributed by atoms with van der Waals surface area (Å²) in [6.45, 7) is 5.72. The van der Waals surface area contributed by atoms with Crippen molar-refractivity contribution in [1.82, 2.24) is 0 Å². The van der Waals surface area contributed by atoms with Crippen molar-refractivity contribution in [3.05, 3.63) is 12.7 Å². The van der Waals surface area contributed by atoms with Crippen LogP contribution in [0, 0.1) is 0 Å². The van der Waals surface area contributed by atoms with Gasteiger partial charge in [0.1, 0.15) is 0 Å². The molecule has 0 saturated carbocycles. The molecule has 2 N–H and O–H groups in total. The van der Waals surface area contributed by atoms with Crippen LogP contribution >= 0.6 is 0 Å². The number of hydrogen-bond donors (Lipinski definition) is 1. The minimum Gasteiger partial charge on any atom is -0.382 e. The van der Waals surface area contributed by atoms with E-state index in [9.17, 15) is 0 Å². The number of ether oxygens (including phenoxy) is 1. The fourth-order valence-electron chi connectivity index (χ4n) is 1.16. The number of nitrogens with two attached hydrogens (primary N) is 1. The predicted molar refractivity (Wildman–Crippen MR) is 53.1 cm³/mol. The lowest BCUT2D eigenvalue weighted by Gasteiger charge is -2.15. The van der Waals surface area contributed by atoms with Gasteiger partial charge in [0.25, 0.3) is 0 Å². The lowest BCUT2D eigenvalue weighted by molar-refractivity contribution is 0.103. The molecule has 12 heavy (non-hydrogen) atoms. The van der Waals surface area contributed by atoms with E-state index in [0.29, 0.717) is 0 Å². The summed E-state index contributed by atoms with van der Waals surface area (Å²) in [7, 11) is 1.72. The summed E-state index contributed by atoms with van der Waals surface area (Å²) in [5.74, 6) is 0. The Balaban J connectivity index is 3.32. The van der Waals surface area contributed by atoms with Gasteiger partial charge in [0.05, 0.1) is 6.10 Å². The van der Waals surface area contributed by atoms with Crippen LogP contribution in [0.15, 0.2) is 12.7 Å². The van der Waals surface area contributed by atoms with Crippen molar-refractivity contribution in [2.45, 2.75) is 44.8 Å². The smallest absolute Gasteiger partial charge is 0.0558 e. The van der Waals surface area contributed by atoms with E-state index in [1.165, 1.54) is 0 Å². The molecule has 0 bridgehead atoms. The van der Waals surface area contributed by atoms with Gasteiger partial charge in [0, 0.05) is 13.2 Å². The summed E-state index contributed by atoms with van der Waals surface area (Å²) >= 11 is 0.